The van der Waals surface area contributed by atoms with Crippen LogP contribution >= 0.6 is 0 Å². The highest BCUT2D eigenvalue weighted by Gasteiger charge is 2.27. The number of carbonyl (C=O) groups excluding carboxylic acids is 2. The van der Waals surface area contributed by atoms with Crippen LogP contribution in [0.5, 0.6) is 0 Å². The van der Waals surface area contributed by atoms with Crippen molar-refractivity contribution in [2.24, 2.45) is 5.92 Å². The van der Waals surface area contributed by atoms with E-state index in [2.05, 4.69) is 11.9 Å². The molecular formula is C18H32N2O4. The van der Waals surface area contributed by atoms with Crippen LogP contribution in [0.2, 0.25) is 0 Å². The SMILES string of the molecule is C=CCO[C@@H](C)C(=O)NCC[C@H]1CCCN(C(=O)OC(C)(C)C)C1. The van der Waals surface area contributed by atoms with Gasteiger partial charge in [0, 0.05) is 19.6 Å². The first-order valence-corrected chi connectivity index (χ1v) is 8.71. The van der Waals surface area contributed by atoms with Gasteiger partial charge in [0.2, 0.25) is 5.91 Å². The van der Waals surface area contributed by atoms with Crippen molar-refractivity contribution < 1.29 is 19.1 Å². The summed E-state index contributed by atoms with van der Waals surface area (Å²) in [5.41, 5.74) is -0.473. The van der Waals surface area contributed by atoms with Crippen molar-refractivity contribution >= 4 is 12.0 Å². The van der Waals surface area contributed by atoms with E-state index >= 15 is 0 Å². The van der Waals surface area contributed by atoms with Crippen LogP contribution in [0.15, 0.2) is 12.7 Å². The van der Waals surface area contributed by atoms with Gasteiger partial charge in [0.25, 0.3) is 0 Å². The molecule has 2 atom stereocenters. The van der Waals surface area contributed by atoms with Crippen molar-refractivity contribution in [1.29, 1.82) is 0 Å². The number of nitrogens with one attached hydrogen (secondary N) is 1. The molecule has 0 bridgehead atoms. The Labute approximate surface area is 145 Å². The first-order valence-electron chi connectivity index (χ1n) is 8.71. The average molecular weight is 340 g/mol. The van der Waals surface area contributed by atoms with Gasteiger partial charge in [-0.15, -0.1) is 6.58 Å². The maximum Gasteiger partial charge on any atom is 0.410 e. The Bertz CT molecular complexity index is 431. The number of ether oxygens (including phenoxy) is 2. The fourth-order valence-corrected chi connectivity index (χ4v) is 2.62. The molecule has 6 nitrogen and oxygen atoms in total. The summed E-state index contributed by atoms with van der Waals surface area (Å²) in [6, 6.07) is 0. The summed E-state index contributed by atoms with van der Waals surface area (Å²) < 4.78 is 10.7. The highest BCUT2D eigenvalue weighted by molar-refractivity contribution is 5.80. The van der Waals surface area contributed by atoms with Crippen LogP contribution in [0.4, 0.5) is 4.79 Å². The summed E-state index contributed by atoms with van der Waals surface area (Å²) >= 11 is 0. The van der Waals surface area contributed by atoms with Crippen LogP contribution < -0.4 is 5.32 Å². The predicted molar refractivity (Wildman–Crippen MR) is 93.8 cm³/mol. The molecule has 0 aromatic heterocycles. The van der Waals surface area contributed by atoms with Crippen molar-refractivity contribution in [2.75, 3.05) is 26.2 Å². The Hall–Kier alpha value is -1.56. The van der Waals surface area contributed by atoms with E-state index in [1.54, 1.807) is 17.9 Å². The highest BCUT2D eigenvalue weighted by atomic mass is 16.6. The summed E-state index contributed by atoms with van der Waals surface area (Å²) in [5, 5.41) is 2.89. The standard InChI is InChI=1S/C18H32N2O4/c1-6-12-23-14(2)16(21)19-10-9-15-8-7-11-20(13-15)17(22)24-18(3,4)5/h6,14-15H,1,7-13H2,2-5H3,(H,19,21)/t14-,15+/m0/s1. The number of carbonyl (C=O) groups is 2. The fourth-order valence-electron chi connectivity index (χ4n) is 2.62. The molecule has 1 aliphatic rings. The summed E-state index contributed by atoms with van der Waals surface area (Å²) in [7, 11) is 0. The van der Waals surface area contributed by atoms with E-state index in [9.17, 15) is 9.59 Å². The molecule has 138 valence electrons. The van der Waals surface area contributed by atoms with Gasteiger partial charge in [-0.1, -0.05) is 6.08 Å². The molecule has 1 saturated heterocycles. The first-order chi connectivity index (χ1) is 11.2. The Morgan fingerprint density at radius 3 is 2.75 bits per heavy atom. The molecule has 1 N–H and O–H groups in total. The molecule has 0 aliphatic carbocycles. The molecule has 0 spiro atoms. The van der Waals surface area contributed by atoms with Crippen molar-refractivity contribution in [2.45, 2.75) is 58.7 Å². The molecule has 0 aromatic rings. The van der Waals surface area contributed by atoms with Crippen molar-refractivity contribution in [3.8, 4) is 0 Å². The van der Waals surface area contributed by atoms with Crippen LogP contribution in [0, 0.1) is 5.92 Å². The van der Waals surface area contributed by atoms with Gasteiger partial charge in [0.15, 0.2) is 0 Å². The van der Waals surface area contributed by atoms with E-state index in [-0.39, 0.29) is 12.0 Å². The van der Waals surface area contributed by atoms with Crippen LogP contribution in [0.3, 0.4) is 0 Å². The third-order valence-electron chi connectivity index (χ3n) is 3.86. The van der Waals surface area contributed by atoms with Crippen LogP contribution in [0.25, 0.3) is 0 Å². The summed E-state index contributed by atoms with van der Waals surface area (Å²) in [5.74, 6) is 0.271. The van der Waals surface area contributed by atoms with E-state index in [1.807, 2.05) is 20.8 Å². The normalized spacial score (nSPS) is 19.5. The quantitative estimate of drug-likeness (QED) is 0.724. The third-order valence-corrected chi connectivity index (χ3v) is 3.86. The second-order valence-electron chi connectivity index (χ2n) is 7.28. The molecule has 0 radical (unpaired) electrons. The van der Waals surface area contributed by atoms with Crippen molar-refractivity contribution in [3.05, 3.63) is 12.7 Å². The lowest BCUT2D eigenvalue weighted by Crippen LogP contribution is -2.43. The van der Waals surface area contributed by atoms with Gasteiger partial charge in [-0.2, -0.15) is 0 Å². The third kappa shape index (κ3) is 7.81. The summed E-state index contributed by atoms with van der Waals surface area (Å²) in [6.45, 7) is 13.3. The fraction of sp³-hybridized carbons (Fsp3) is 0.778. The van der Waals surface area contributed by atoms with Crippen LogP contribution in [0.1, 0.15) is 47.0 Å². The minimum absolute atomic E-state index is 0.114. The average Bonchev–Trinajstić information content (AvgIpc) is 2.51. The molecular weight excluding hydrogens is 308 g/mol. The minimum Gasteiger partial charge on any atom is -0.444 e. The maximum atomic E-state index is 12.1. The van der Waals surface area contributed by atoms with Gasteiger partial charge in [-0.3, -0.25) is 4.79 Å². The number of piperidine rings is 1. The summed E-state index contributed by atoms with van der Waals surface area (Å²) in [4.78, 5) is 25.8. The van der Waals surface area contributed by atoms with Crippen molar-refractivity contribution in [3.63, 3.8) is 0 Å². The Morgan fingerprint density at radius 2 is 2.12 bits per heavy atom. The number of hydrogen-bond acceptors (Lipinski definition) is 4. The smallest absolute Gasteiger partial charge is 0.410 e. The second kappa shape index (κ2) is 9.67. The maximum absolute atomic E-state index is 12.1. The van der Waals surface area contributed by atoms with Gasteiger partial charge in [-0.25, -0.2) is 4.79 Å². The van der Waals surface area contributed by atoms with Gasteiger partial charge in [0.1, 0.15) is 11.7 Å². The minimum atomic E-state index is -0.479. The summed E-state index contributed by atoms with van der Waals surface area (Å²) in [6.07, 6.45) is 3.78. The monoisotopic (exact) mass is 340 g/mol. The Morgan fingerprint density at radius 1 is 1.42 bits per heavy atom. The number of nitrogens with zero attached hydrogens (tertiary/aromatic N) is 1. The lowest BCUT2D eigenvalue weighted by Gasteiger charge is -2.34. The van der Waals surface area contributed by atoms with E-state index in [0.717, 1.165) is 25.8 Å². The molecule has 0 aromatic carbocycles. The number of hydrogen-bond donors (Lipinski definition) is 1. The van der Waals surface area contributed by atoms with Crippen LogP contribution in [-0.2, 0) is 14.3 Å². The van der Waals surface area contributed by atoms with Gasteiger partial charge >= 0.3 is 6.09 Å². The van der Waals surface area contributed by atoms with Crippen molar-refractivity contribution in [1.82, 2.24) is 10.2 Å². The molecule has 1 aliphatic heterocycles. The topological polar surface area (TPSA) is 67.9 Å². The Kier molecular flexibility index (Phi) is 8.25. The lowest BCUT2D eigenvalue weighted by atomic mass is 9.95. The van der Waals surface area contributed by atoms with E-state index < -0.39 is 11.7 Å². The second-order valence-corrected chi connectivity index (χ2v) is 7.28. The van der Waals surface area contributed by atoms with Gasteiger partial charge in [0.05, 0.1) is 6.61 Å². The van der Waals surface area contributed by atoms with E-state index in [4.69, 9.17) is 9.47 Å². The number of likely N-dealkylation sites (tertiary alicyclic amines) is 1. The highest BCUT2D eigenvalue weighted by Crippen LogP contribution is 2.21. The first kappa shape index (κ1) is 20.5. The molecule has 1 rings (SSSR count). The predicted octanol–water partition coefficient (Wildman–Crippen LogP) is 2.73. The molecule has 1 heterocycles. The zero-order valence-electron chi connectivity index (χ0n) is 15.5. The molecule has 24 heavy (non-hydrogen) atoms. The molecule has 0 saturated carbocycles. The van der Waals surface area contributed by atoms with E-state index in [0.29, 0.717) is 25.6 Å². The lowest BCUT2D eigenvalue weighted by molar-refractivity contribution is -0.131. The zero-order valence-corrected chi connectivity index (χ0v) is 15.5. The van der Waals surface area contributed by atoms with Gasteiger partial charge < -0.3 is 19.7 Å². The van der Waals surface area contributed by atoms with Gasteiger partial charge in [-0.05, 0) is 52.9 Å². The van der Waals surface area contributed by atoms with E-state index in [1.165, 1.54) is 0 Å². The Balaban J connectivity index is 2.32. The largest absolute Gasteiger partial charge is 0.444 e. The number of rotatable bonds is 7. The number of amides is 2. The van der Waals surface area contributed by atoms with Crippen LogP contribution in [-0.4, -0.2) is 54.8 Å². The molecule has 0 unspecified atom stereocenters. The zero-order chi connectivity index (χ0) is 18.2. The molecule has 2 amide bonds. The molecule has 1 fully saturated rings. The molecule has 6 heteroatoms.